The number of hydrogen-bond acceptors (Lipinski definition) is 5. The van der Waals surface area contributed by atoms with Gasteiger partial charge in [-0.2, -0.15) is 0 Å². The Balaban J connectivity index is 0.682. The van der Waals surface area contributed by atoms with Crippen molar-refractivity contribution < 1.29 is 0 Å². The van der Waals surface area contributed by atoms with Gasteiger partial charge in [-0.3, -0.25) is 0 Å². The van der Waals surface area contributed by atoms with Crippen LogP contribution in [0.2, 0.25) is 0 Å². The zero-order valence-corrected chi connectivity index (χ0v) is 50.3. The van der Waals surface area contributed by atoms with Gasteiger partial charge in [0.25, 0.3) is 0 Å². The van der Waals surface area contributed by atoms with Crippen molar-refractivity contribution in [3.8, 4) is 107 Å². The molecule has 0 aliphatic heterocycles. The van der Waals surface area contributed by atoms with Gasteiger partial charge in [0.1, 0.15) is 0 Å². The van der Waals surface area contributed by atoms with E-state index in [9.17, 15) is 0 Å². The number of nitrogens with zero attached hydrogens (tertiary/aromatic N) is 8. The lowest BCUT2D eigenvalue weighted by Crippen LogP contribution is -2.00. The molecule has 0 saturated carbocycles. The quantitative estimate of drug-likeness (QED) is 0.129. The summed E-state index contributed by atoms with van der Waals surface area (Å²) in [4.78, 5) is 25.5. The van der Waals surface area contributed by atoms with Crippen molar-refractivity contribution in [2.45, 2.75) is 0 Å². The fourth-order valence-corrected chi connectivity index (χ4v) is 13.7. The van der Waals surface area contributed by atoms with Gasteiger partial charge in [-0.25, -0.2) is 24.9 Å². The Morgan fingerprint density at radius 2 is 0.495 bits per heavy atom. The van der Waals surface area contributed by atoms with Crippen molar-refractivity contribution in [2.75, 3.05) is 0 Å². The van der Waals surface area contributed by atoms with Crippen LogP contribution in [0.25, 0.3) is 173 Å². The van der Waals surface area contributed by atoms with Crippen molar-refractivity contribution in [2.24, 2.45) is 0 Å². The van der Waals surface area contributed by atoms with Crippen LogP contribution in [0.1, 0.15) is 0 Å². The van der Waals surface area contributed by atoms with Crippen molar-refractivity contribution in [3.05, 3.63) is 328 Å². The molecular formula is C85H54N8. The zero-order chi connectivity index (χ0) is 61.3. The minimum atomic E-state index is 0.621. The van der Waals surface area contributed by atoms with Gasteiger partial charge in [-0.15, -0.1) is 0 Å². The van der Waals surface area contributed by atoms with Crippen LogP contribution in [0.3, 0.4) is 0 Å². The van der Waals surface area contributed by atoms with Crippen LogP contribution in [-0.4, -0.2) is 38.6 Å². The monoisotopic (exact) mass is 1190 g/mol. The molecule has 5 aromatic heterocycles. The van der Waals surface area contributed by atoms with Crippen LogP contribution < -0.4 is 0 Å². The number of para-hydroxylation sites is 4. The first kappa shape index (κ1) is 53.4. The summed E-state index contributed by atoms with van der Waals surface area (Å²) in [6.07, 6.45) is 0. The maximum absolute atomic E-state index is 5.32. The third-order valence-corrected chi connectivity index (χ3v) is 18.1. The van der Waals surface area contributed by atoms with E-state index in [0.29, 0.717) is 23.3 Å². The maximum atomic E-state index is 5.32. The topological polar surface area (TPSA) is 79.2 Å². The molecule has 0 aliphatic rings. The molecule has 0 amide bonds. The second-order valence-electron chi connectivity index (χ2n) is 23.6. The van der Waals surface area contributed by atoms with E-state index in [1.54, 1.807) is 0 Å². The van der Waals surface area contributed by atoms with Crippen LogP contribution in [0, 0.1) is 0 Å². The second-order valence-corrected chi connectivity index (χ2v) is 23.6. The molecule has 0 bridgehead atoms. The molecule has 0 saturated heterocycles. The molecule has 0 spiro atoms. The highest BCUT2D eigenvalue weighted by atomic mass is 15.0. The third-order valence-electron chi connectivity index (χ3n) is 18.1. The number of benzene rings is 13. The Labute approximate surface area is 536 Å². The van der Waals surface area contributed by atoms with Crippen LogP contribution in [0.4, 0.5) is 0 Å². The Morgan fingerprint density at radius 1 is 0.161 bits per heavy atom. The summed E-state index contributed by atoms with van der Waals surface area (Å²) >= 11 is 0. The van der Waals surface area contributed by atoms with Crippen LogP contribution in [0.5, 0.6) is 0 Å². The molecule has 0 aliphatic carbocycles. The van der Waals surface area contributed by atoms with Crippen LogP contribution in [-0.2, 0) is 0 Å². The molecule has 0 unspecified atom stereocenters. The van der Waals surface area contributed by atoms with E-state index in [4.69, 9.17) is 24.9 Å². The van der Waals surface area contributed by atoms with E-state index in [2.05, 4.69) is 262 Å². The zero-order valence-electron chi connectivity index (χ0n) is 50.3. The molecule has 0 radical (unpaired) electrons. The van der Waals surface area contributed by atoms with E-state index in [0.717, 1.165) is 101 Å². The van der Waals surface area contributed by atoms with Crippen molar-refractivity contribution in [3.63, 3.8) is 0 Å². The highest BCUT2D eigenvalue weighted by molar-refractivity contribution is 6.13. The molecule has 5 heterocycles. The standard InChI is InChI=1S/C85H54N8/c1-5-20-57(21-6-1)82-86-74(54-75(87-82)64-26-19-29-67(50-64)93-76-33-16-13-30-68(76)71-47-42-63(53-81(71)93)62-44-49-79-73(52-62)70-32-14-17-34-77(70)91(79)65-27-11-4-12-28-65)56-38-36-55(37-39-56)61-43-48-80-72(51-61)69-31-15-18-35-78(69)92(80)66-45-40-60(41-46-66)85-89-83(58-22-7-2-8-23-58)88-84(90-85)59-24-9-3-10-25-59/h1-54H. The Bertz CT molecular complexity index is 5840. The molecule has 0 N–H and O–H groups in total. The fraction of sp³-hybridized carbons (Fsp3) is 0. The van der Waals surface area contributed by atoms with Gasteiger partial charge < -0.3 is 13.7 Å². The highest BCUT2D eigenvalue weighted by Crippen LogP contribution is 2.41. The predicted molar refractivity (Wildman–Crippen MR) is 382 cm³/mol. The Hall–Kier alpha value is -12.7. The number of fused-ring (bicyclic) bond motifs is 9. The van der Waals surface area contributed by atoms with Crippen molar-refractivity contribution in [1.82, 2.24) is 38.6 Å². The summed E-state index contributed by atoms with van der Waals surface area (Å²) in [5, 5.41) is 7.21. The average Bonchev–Trinajstić information content (AvgIpc) is 1.62. The van der Waals surface area contributed by atoms with Gasteiger partial charge in [0, 0.05) is 82.8 Å². The van der Waals surface area contributed by atoms with E-state index >= 15 is 0 Å². The lowest BCUT2D eigenvalue weighted by Gasteiger charge is -2.13. The molecule has 93 heavy (non-hydrogen) atoms. The SMILES string of the molecule is c1ccc(-c2nc(-c3ccc(-c4ccc5c(c4)c4ccccc4n5-c4ccc(-c5nc(-c6ccccc6)nc(-c6ccccc6)n5)cc4)cc3)cc(-c3cccc(-n4c5ccccc5c5ccc(-c6ccc7c(c6)c6ccccc6n7-c6ccccc6)cc54)c3)n2)cc1. The number of hydrogen-bond donors (Lipinski definition) is 0. The van der Waals surface area contributed by atoms with Gasteiger partial charge >= 0.3 is 0 Å². The number of rotatable bonds is 11. The maximum Gasteiger partial charge on any atom is 0.164 e. The molecule has 0 fully saturated rings. The van der Waals surface area contributed by atoms with Gasteiger partial charge in [-0.05, 0) is 125 Å². The lowest BCUT2D eigenvalue weighted by molar-refractivity contribution is 1.07. The molecule has 434 valence electrons. The van der Waals surface area contributed by atoms with Gasteiger partial charge in [0.15, 0.2) is 23.3 Å². The molecule has 18 rings (SSSR count). The van der Waals surface area contributed by atoms with E-state index in [1.807, 2.05) is 78.9 Å². The summed E-state index contributed by atoms with van der Waals surface area (Å²) in [5.74, 6) is 2.56. The minimum Gasteiger partial charge on any atom is -0.309 e. The minimum absolute atomic E-state index is 0.621. The Morgan fingerprint density at radius 3 is 1.03 bits per heavy atom. The first-order valence-corrected chi connectivity index (χ1v) is 31.4. The molecule has 8 nitrogen and oxygen atoms in total. The van der Waals surface area contributed by atoms with Crippen molar-refractivity contribution >= 4 is 65.4 Å². The molecular weight excluding hydrogens is 1130 g/mol. The van der Waals surface area contributed by atoms with E-state index in [1.165, 1.54) is 48.9 Å². The summed E-state index contributed by atoms with van der Waals surface area (Å²) in [7, 11) is 0. The van der Waals surface area contributed by atoms with Gasteiger partial charge in [-0.1, -0.05) is 224 Å². The Kier molecular flexibility index (Phi) is 12.7. The van der Waals surface area contributed by atoms with Gasteiger partial charge in [0.2, 0.25) is 0 Å². The smallest absolute Gasteiger partial charge is 0.164 e. The molecule has 8 heteroatoms. The first-order valence-electron chi connectivity index (χ1n) is 31.4. The fourth-order valence-electron chi connectivity index (χ4n) is 13.7. The number of aromatic nitrogens is 8. The average molecular weight is 1190 g/mol. The molecule has 13 aromatic carbocycles. The van der Waals surface area contributed by atoms with E-state index < -0.39 is 0 Å². The van der Waals surface area contributed by atoms with Crippen LogP contribution >= 0.6 is 0 Å². The summed E-state index contributed by atoms with van der Waals surface area (Å²) < 4.78 is 7.13. The first-order chi connectivity index (χ1) is 46.1. The van der Waals surface area contributed by atoms with Gasteiger partial charge in [0.05, 0.1) is 44.5 Å². The normalized spacial score (nSPS) is 11.7. The van der Waals surface area contributed by atoms with E-state index in [-0.39, 0.29) is 0 Å². The summed E-state index contributed by atoms with van der Waals surface area (Å²) in [6.45, 7) is 0. The highest BCUT2D eigenvalue weighted by Gasteiger charge is 2.20. The summed E-state index contributed by atoms with van der Waals surface area (Å²) in [5.41, 5.74) is 22.1. The van der Waals surface area contributed by atoms with Crippen molar-refractivity contribution in [1.29, 1.82) is 0 Å². The lowest BCUT2D eigenvalue weighted by atomic mass is 10.00. The predicted octanol–water partition coefficient (Wildman–Crippen LogP) is 21.3. The third kappa shape index (κ3) is 9.35. The second kappa shape index (κ2) is 22.1. The summed E-state index contributed by atoms with van der Waals surface area (Å²) in [6, 6.07) is 116. The largest absolute Gasteiger partial charge is 0.309 e. The molecule has 0 atom stereocenters. The van der Waals surface area contributed by atoms with Crippen LogP contribution in [0.15, 0.2) is 328 Å². The molecule has 18 aromatic rings.